The van der Waals surface area contributed by atoms with E-state index < -0.39 is 18.3 Å². The third-order valence-corrected chi connectivity index (χ3v) is 4.68. The molecule has 2 unspecified atom stereocenters. The van der Waals surface area contributed by atoms with Gasteiger partial charge in [-0.2, -0.15) is 13.2 Å². The highest BCUT2D eigenvalue weighted by Gasteiger charge is 2.41. The molecule has 172 valence electrons. The molecule has 0 spiro atoms. The number of alkyl halides is 3. The van der Waals surface area contributed by atoms with Crippen LogP contribution in [0, 0.1) is 5.82 Å². The minimum atomic E-state index is -4.24. The number of hydrogen-bond donors (Lipinski definition) is 2. The number of aliphatic imine (C=N–C) groups is 1. The van der Waals surface area contributed by atoms with Crippen LogP contribution in [0.25, 0.3) is 0 Å². The third-order valence-electron chi connectivity index (χ3n) is 4.68. The summed E-state index contributed by atoms with van der Waals surface area (Å²) in [5.74, 6) is 0.617. The number of rotatable bonds is 7. The molecule has 0 bridgehead atoms. The topological polar surface area (TPSA) is 60.3 Å². The van der Waals surface area contributed by atoms with Crippen LogP contribution < -0.4 is 10.1 Å². The lowest BCUT2D eigenvalue weighted by Gasteiger charge is -2.39. The van der Waals surface area contributed by atoms with Gasteiger partial charge in [0, 0.05) is 32.7 Å². The number of guanidine groups is 1. The molecule has 2 rings (SSSR count). The molecule has 2 N–H and O–H groups in total. The Labute approximate surface area is 191 Å². The summed E-state index contributed by atoms with van der Waals surface area (Å²) < 4.78 is 56.9. The third kappa shape index (κ3) is 8.42. The van der Waals surface area contributed by atoms with Crippen LogP contribution in [0.4, 0.5) is 17.6 Å². The minimum Gasteiger partial charge on any atom is -0.491 e. The highest BCUT2D eigenvalue weighted by molar-refractivity contribution is 14.0. The molecule has 1 heterocycles. The van der Waals surface area contributed by atoms with Crippen LogP contribution in [0.2, 0.25) is 0 Å². The van der Waals surface area contributed by atoms with Gasteiger partial charge in [-0.3, -0.25) is 9.89 Å². The van der Waals surface area contributed by atoms with Gasteiger partial charge in [-0.1, -0.05) is 0 Å². The van der Waals surface area contributed by atoms with Crippen LogP contribution in [0.1, 0.15) is 13.8 Å². The van der Waals surface area contributed by atoms with Crippen molar-refractivity contribution in [2.45, 2.75) is 32.2 Å². The molecule has 6 nitrogen and oxygen atoms in total. The molecule has 1 aromatic carbocycles. The summed E-state index contributed by atoms with van der Waals surface area (Å²) in [7, 11) is 0. The van der Waals surface area contributed by atoms with Gasteiger partial charge < -0.3 is 20.1 Å². The van der Waals surface area contributed by atoms with Crippen LogP contribution >= 0.6 is 24.0 Å². The second-order valence-electron chi connectivity index (χ2n) is 6.85. The zero-order valence-corrected chi connectivity index (χ0v) is 19.4. The van der Waals surface area contributed by atoms with Crippen molar-refractivity contribution < 1.29 is 27.4 Å². The van der Waals surface area contributed by atoms with E-state index in [1.807, 2.05) is 11.8 Å². The molecule has 0 radical (unpaired) electrons. The van der Waals surface area contributed by atoms with E-state index in [0.29, 0.717) is 31.3 Å². The Bertz CT molecular complexity index is 653. The molecule has 30 heavy (non-hydrogen) atoms. The fourth-order valence-corrected chi connectivity index (χ4v) is 2.92. The number of nitrogens with zero attached hydrogens (tertiary/aromatic N) is 3. The molecule has 0 aromatic heterocycles. The van der Waals surface area contributed by atoms with Gasteiger partial charge in [0.2, 0.25) is 0 Å². The first-order valence-corrected chi connectivity index (χ1v) is 9.61. The minimum absolute atomic E-state index is 0. The van der Waals surface area contributed by atoms with E-state index in [0.717, 1.165) is 0 Å². The molecule has 1 saturated heterocycles. The summed E-state index contributed by atoms with van der Waals surface area (Å²) in [5, 5.41) is 13.2. The van der Waals surface area contributed by atoms with Gasteiger partial charge in [-0.15, -0.1) is 24.0 Å². The average molecular weight is 548 g/mol. The smallest absolute Gasteiger partial charge is 0.403 e. The number of ether oxygens (including phenoxy) is 1. The molecule has 1 fully saturated rings. The Morgan fingerprint density at radius 3 is 2.33 bits per heavy atom. The Hall–Kier alpha value is -1.34. The molecule has 0 saturated carbocycles. The van der Waals surface area contributed by atoms with Crippen LogP contribution in [0.5, 0.6) is 5.75 Å². The number of benzene rings is 1. The van der Waals surface area contributed by atoms with Gasteiger partial charge in [0.25, 0.3) is 0 Å². The lowest BCUT2D eigenvalue weighted by Crippen LogP contribution is -2.56. The Balaban J connectivity index is 0.00000450. The molecule has 11 heteroatoms. The molecule has 0 amide bonds. The van der Waals surface area contributed by atoms with Gasteiger partial charge in [0.15, 0.2) is 5.96 Å². The van der Waals surface area contributed by atoms with E-state index >= 15 is 0 Å². The molecule has 1 aromatic rings. The number of piperazine rings is 1. The quantitative estimate of drug-likeness (QED) is 0.238. The van der Waals surface area contributed by atoms with Crippen molar-refractivity contribution in [3.05, 3.63) is 30.1 Å². The standard InChI is InChI=1S/C19H28F4N4O2.HI/c1-3-24-18(27-10-8-26(9-11-27)14(2)19(21,22)23)25-12-16(28)13-29-17-6-4-15(20)5-7-17;/h4-7,14,16,28H,3,8-13H2,1-2H3,(H,24,25);1H. The summed E-state index contributed by atoms with van der Waals surface area (Å²) in [6.45, 7) is 5.11. The number of nitrogens with one attached hydrogen (secondary N) is 1. The van der Waals surface area contributed by atoms with Crippen LogP contribution in [-0.2, 0) is 0 Å². The summed E-state index contributed by atoms with van der Waals surface area (Å²) in [4.78, 5) is 7.68. The largest absolute Gasteiger partial charge is 0.491 e. The van der Waals surface area contributed by atoms with Crippen LogP contribution in [-0.4, -0.2) is 85.1 Å². The highest BCUT2D eigenvalue weighted by Crippen LogP contribution is 2.25. The van der Waals surface area contributed by atoms with E-state index in [2.05, 4.69) is 10.3 Å². The maximum Gasteiger partial charge on any atom is 0.403 e. The average Bonchev–Trinajstić information content (AvgIpc) is 2.69. The number of aliphatic hydroxyl groups excluding tert-OH is 1. The zero-order chi connectivity index (χ0) is 21.4. The Morgan fingerprint density at radius 1 is 1.20 bits per heavy atom. The van der Waals surface area contributed by atoms with E-state index in [1.165, 1.54) is 36.1 Å². The SMILES string of the molecule is CCNC(=NCC(O)COc1ccc(F)cc1)N1CCN(C(C)C(F)(F)F)CC1.I. The Morgan fingerprint density at radius 2 is 1.80 bits per heavy atom. The van der Waals surface area contributed by atoms with Crippen molar-refractivity contribution >= 4 is 29.9 Å². The Kier molecular flexibility index (Phi) is 11.1. The fourth-order valence-electron chi connectivity index (χ4n) is 2.92. The van der Waals surface area contributed by atoms with Crippen LogP contribution in [0.15, 0.2) is 29.3 Å². The van der Waals surface area contributed by atoms with Gasteiger partial charge in [-0.25, -0.2) is 4.39 Å². The highest BCUT2D eigenvalue weighted by atomic mass is 127. The maximum atomic E-state index is 12.9. The van der Waals surface area contributed by atoms with Crippen molar-refractivity contribution in [2.24, 2.45) is 4.99 Å². The van der Waals surface area contributed by atoms with Crippen molar-refractivity contribution in [1.29, 1.82) is 0 Å². The molecule has 1 aliphatic heterocycles. The fraction of sp³-hybridized carbons (Fsp3) is 0.632. The number of hydrogen-bond acceptors (Lipinski definition) is 4. The van der Waals surface area contributed by atoms with E-state index in [9.17, 15) is 22.7 Å². The molecule has 1 aliphatic rings. The van der Waals surface area contributed by atoms with Crippen LogP contribution in [0.3, 0.4) is 0 Å². The number of halogens is 5. The van der Waals surface area contributed by atoms with E-state index in [-0.39, 0.29) is 56.0 Å². The first-order valence-electron chi connectivity index (χ1n) is 9.61. The second-order valence-corrected chi connectivity index (χ2v) is 6.85. The predicted molar refractivity (Wildman–Crippen MR) is 118 cm³/mol. The van der Waals surface area contributed by atoms with Gasteiger partial charge >= 0.3 is 6.18 Å². The summed E-state index contributed by atoms with van der Waals surface area (Å²) in [6.07, 6.45) is -5.12. The lowest BCUT2D eigenvalue weighted by molar-refractivity contribution is -0.181. The summed E-state index contributed by atoms with van der Waals surface area (Å²) in [5.41, 5.74) is 0. The summed E-state index contributed by atoms with van der Waals surface area (Å²) in [6, 6.07) is 3.99. The van der Waals surface area contributed by atoms with Gasteiger partial charge in [-0.05, 0) is 38.1 Å². The molecule has 0 aliphatic carbocycles. The molecular formula is C19H29F4IN4O2. The van der Waals surface area contributed by atoms with E-state index in [1.54, 1.807) is 0 Å². The first-order chi connectivity index (χ1) is 13.7. The van der Waals surface area contributed by atoms with Crippen molar-refractivity contribution in [2.75, 3.05) is 45.9 Å². The number of aliphatic hydroxyl groups is 1. The monoisotopic (exact) mass is 548 g/mol. The van der Waals surface area contributed by atoms with E-state index in [4.69, 9.17) is 4.74 Å². The maximum absolute atomic E-state index is 12.9. The predicted octanol–water partition coefficient (Wildman–Crippen LogP) is 2.72. The molecular weight excluding hydrogens is 519 g/mol. The lowest BCUT2D eigenvalue weighted by atomic mass is 10.2. The summed E-state index contributed by atoms with van der Waals surface area (Å²) >= 11 is 0. The van der Waals surface area contributed by atoms with Gasteiger partial charge in [0.1, 0.15) is 30.3 Å². The molecule has 2 atom stereocenters. The zero-order valence-electron chi connectivity index (χ0n) is 17.0. The van der Waals surface area contributed by atoms with Crippen molar-refractivity contribution in [1.82, 2.24) is 15.1 Å². The van der Waals surface area contributed by atoms with Crippen molar-refractivity contribution in [3.8, 4) is 5.75 Å². The second kappa shape index (κ2) is 12.5. The van der Waals surface area contributed by atoms with Gasteiger partial charge in [0.05, 0.1) is 6.54 Å². The normalized spacial score (nSPS) is 17.8. The van der Waals surface area contributed by atoms with Crippen molar-refractivity contribution in [3.63, 3.8) is 0 Å². The first kappa shape index (κ1) is 26.7.